The number of fused-ring (bicyclic) bond motifs is 1. The molecule has 1 heterocycles. The van der Waals surface area contributed by atoms with Crippen molar-refractivity contribution in [1.82, 2.24) is 4.98 Å². The molecule has 0 atom stereocenters. The summed E-state index contributed by atoms with van der Waals surface area (Å²) in [4.78, 5) is 28.6. The van der Waals surface area contributed by atoms with Crippen molar-refractivity contribution < 1.29 is 14.3 Å². The quantitative estimate of drug-likeness (QED) is 0.395. The highest BCUT2D eigenvalue weighted by Crippen LogP contribution is 2.26. The monoisotopic (exact) mass is 369 g/mol. The molecule has 0 unspecified atom stereocenters. The van der Waals surface area contributed by atoms with Gasteiger partial charge in [-0.2, -0.15) is 0 Å². The molecule has 1 N–H and O–H groups in total. The number of benzene rings is 3. The summed E-state index contributed by atoms with van der Waals surface area (Å²) in [6, 6.07) is 26.4. The summed E-state index contributed by atoms with van der Waals surface area (Å²) in [5.41, 5.74) is 3.07. The van der Waals surface area contributed by atoms with E-state index >= 15 is 0 Å². The number of ketones is 1. The number of hydrogen-bond acceptors (Lipinski definition) is 3. The Hall–Kier alpha value is -3.66. The predicted octanol–water partition coefficient (Wildman–Crippen LogP) is 4.73. The van der Waals surface area contributed by atoms with Crippen molar-refractivity contribution in [3.05, 3.63) is 108 Å². The van der Waals surface area contributed by atoms with Crippen LogP contribution < -0.4 is 0 Å². The zero-order chi connectivity index (χ0) is 19.3. The van der Waals surface area contributed by atoms with Crippen LogP contribution in [0.2, 0.25) is 0 Å². The molecule has 0 saturated carbocycles. The molecule has 4 nitrogen and oxygen atoms in total. The molecule has 4 rings (SSSR count). The number of carbonyl (C=O) groups is 2. The van der Waals surface area contributed by atoms with Gasteiger partial charge in [0.2, 0.25) is 5.78 Å². The topological polar surface area (TPSA) is 59.2 Å². The minimum atomic E-state index is -0.571. The van der Waals surface area contributed by atoms with Crippen LogP contribution in [0.25, 0.3) is 10.9 Å². The molecule has 0 aliphatic rings. The van der Waals surface area contributed by atoms with Crippen LogP contribution in [-0.4, -0.2) is 23.3 Å². The van der Waals surface area contributed by atoms with Crippen molar-refractivity contribution in [3.8, 4) is 0 Å². The predicted molar refractivity (Wildman–Crippen MR) is 108 cm³/mol. The van der Waals surface area contributed by atoms with E-state index in [1.165, 1.54) is 0 Å². The lowest BCUT2D eigenvalue weighted by molar-refractivity contribution is -0.143. The van der Waals surface area contributed by atoms with Gasteiger partial charge in [0.1, 0.15) is 5.92 Å². The van der Waals surface area contributed by atoms with Gasteiger partial charge in [-0.15, -0.1) is 0 Å². The summed E-state index contributed by atoms with van der Waals surface area (Å²) < 4.78 is 5.45. The molecule has 0 saturated heterocycles. The third kappa shape index (κ3) is 3.58. The molecule has 138 valence electrons. The van der Waals surface area contributed by atoms with Gasteiger partial charge in [-0.1, -0.05) is 78.9 Å². The average Bonchev–Trinajstić information content (AvgIpc) is 3.18. The van der Waals surface area contributed by atoms with Gasteiger partial charge < -0.3 is 9.72 Å². The summed E-state index contributed by atoms with van der Waals surface area (Å²) in [5, 5.41) is 0.825. The van der Waals surface area contributed by atoms with Crippen molar-refractivity contribution in [1.29, 1.82) is 0 Å². The van der Waals surface area contributed by atoms with Crippen LogP contribution in [-0.2, 0) is 9.53 Å². The summed E-state index contributed by atoms with van der Waals surface area (Å²) in [5.74, 6) is -1.24. The number of nitrogens with one attached hydrogen (secondary N) is 1. The Balaban J connectivity index is 1.54. The first-order valence-electron chi connectivity index (χ1n) is 9.10. The highest BCUT2D eigenvalue weighted by atomic mass is 16.5. The van der Waals surface area contributed by atoms with E-state index in [4.69, 9.17) is 4.74 Å². The number of rotatable bonds is 6. The first-order chi connectivity index (χ1) is 13.7. The molecule has 0 radical (unpaired) electrons. The van der Waals surface area contributed by atoms with E-state index in [1.54, 1.807) is 6.20 Å². The Labute approximate surface area is 162 Å². The first-order valence-corrected chi connectivity index (χ1v) is 9.10. The van der Waals surface area contributed by atoms with Crippen LogP contribution in [0.1, 0.15) is 27.4 Å². The Morgan fingerprint density at radius 1 is 0.786 bits per heavy atom. The molecule has 4 aromatic rings. The Morgan fingerprint density at radius 2 is 1.36 bits per heavy atom. The van der Waals surface area contributed by atoms with Crippen LogP contribution >= 0.6 is 0 Å². The number of hydrogen-bond donors (Lipinski definition) is 1. The normalized spacial score (nSPS) is 10.9. The Kier molecular flexibility index (Phi) is 5.02. The maximum atomic E-state index is 12.9. The zero-order valence-corrected chi connectivity index (χ0v) is 15.2. The van der Waals surface area contributed by atoms with E-state index < -0.39 is 11.9 Å². The second-order valence-corrected chi connectivity index (χ2v) is 6.53. The highest BCUT2D eigenvalue weighted by Gasteiger charge is 2.25. The zero-order valence-electron chi connectivity index (χ0n) is 15.2. The molecule has 28 heavy (non-hydrogen) atoms. The van der Waals surface area contributed by atoms with E-state index in [9.17, 15) is 9.59 Å². The van der Waals surface area contributed by atoms with Gasteiger partial charge in [-0.05, 0) is 17.2 Å². The van der Waals surface area contributed by atoms with Gasteiger partial charge in [0, 0.05) is 22.7 Å². The van der Waals surface area contributed by atoms with Crippen LogP contribution in [0, 0.1) is 0 Å². The number of aromatic amines is 1. The number of aromatic nitrogens is 1. The number of carbonyl (C=O) groups excluding carboxylic acids is 2. The van der Waals surface area contributed by atoms with Crippen LogP contribution in [0.15, 0.2) is 91.1 Å². The third-order valence-electron chi connectivity index (χ3n) is 4.74. The maximum Gasteiger partial charge on any atom is 0.318 e. The molecule has 4 heteroatoms. The van der Waals surface area contributed by atoms with E-state index in [2.05, 4.69) is 4.98 Å². The molecular weight excluding hydrogens is 350 g/mol. The Morgan fingerprint density at radius 3 is 2.00 bits per heavy atom. The molecule has 3 aromatic carbocycles. The van der Waals surface area contributed by atoms with Crippen molar-refractivity contribution >= 4 is 22.7 Å². The largest absolute Gasteiger partial charge is 0.457 e. The molecule has 0 amide bonds. The maximum absolute atomic E-state index is 12.9. The lowest BCUT2D eigenvalue weighted by Crippen LogP contribution is -2.21. The van der Waals surface area contributed by atoms with Crippen LogP contribution in [0.3, 0.4) is 0 Å². The molecular formula is C24H19NO3. The molecule has 1 aromatic heterocycles. The SMILES string of the molecule is O=C(COC(=O)C(c1ccccc1)c1ccccc1)c1c[nH]c2ccccc12. The average molecular weight is 369 g/mol. The fourth-order valence-corrected chi connectivity index (χ4v) is 3.36. The minimum absolute atomic E-state index is 0.231. The van der Waals surface area contributed by atoms with Crippen molar-refractivity contribution in [2.75, 3.05) is 6.61 Å². The second-order valence-electron chi connectivity index (χ2n) is 6.53. The summed E-state index contributed by atoms with van der Waals surface area (Å²) in [6.07, 6.45) is 1.66. The first kappa shape index (κ1) is 17.7. The molecule has 0 aliphatic heterocycles. The van der Waals surface area contributed by atoms with Crippen molar-refractivity contribution in [3.63, 3.8) is 0 Å². The lowest BCUT2D eigenvalue weighted by atomic mass is 9.91. The fourth-order valence-electron chi connectivity index (χ4n) is 3.36. The van der Waals surface area contributed by atoms with E-state index in [-0.39, 0.29) is 12.4 Å². The van der Waals surface area contributed by atoms with Crippen LogP contribution in [0.5, 0.6) is 0 Å². The lowest BCUT2D eigenvalue weighted by Gasteiger charge is -2.16. The standard InChI is InChI=1S/C24H19NO3/c26-22(20-15-25-21-14-8-7-13-19(20)21)16-28-24(27)23(17-9-3-1-4-10-17)18-11-5-2-6-12-18/h1-15,23,25H,16H2. The number of H-pyrrole nitrogens is 1. The van der Waals surface area contributed by atoms with E-state index in [0.29, 0.717) is 5.56 Å². The number of esters is 1. The van der Waals surface area contributed by atoms with Crippen molar-refractivity contribution in [2.45, 2.75) is 5.92 Å². The number of ether oxygens (including phenoxy) is 1. The molecule has 0 bridgehead atoms. The summed E-state index contributed by atoms with van der Waals surface area (Å²) in [7, 11) is 0. The summed E-state index contributed by atoms with van der Waals surface area (Å²) in [6.45, 7) is -0.295. The van der Waals surface area contributed by atoms with E-state index in [0.717, 1.165) is 22.0 Å². The van der Waals surface area contributed by atoms with Gasteiger partial charge in [-0.3, -0.25) is 9.59 Å². The summed E-state index contributed by atoms with van der Waals surface area (Å²) >= 11 is 0. The van der Waals surface area contributed by atoms with E-state index in [1.807, 2.05) is 84.9 Å². The molecule has 0 fully saturated rings. The second kappa shape index (κ2) is 7.92. The van der Waals surface area contributed by atoms with Crippen LogP contribution in [0.4, 0.5) is 0 Å². The number of para-hydroxylation sites is 1. The minimum Gasteiger partial charge on any atom is -0.457 e. The fraction of sp³-hybridized carbons (Fsp3) is 0.0833. The van der Waals surface area contributed by atoms with Gasteiger partial charge in [0.25, 0.3) is 0 Å². The molecule has 0 spiro atoms. The highest BCUT2D eigenvalue weighted by molar-refractivity contribution is 6.08. The van der Waals surface area contributed by atoms with Gasteiger partial charge in [0.15, 0.2) is 6.61 Å². The smallest absolute Gasteiger partial charge is 0.318 e. The molecule has 0 aliphatic carbocycles. The van der Waals surface area contributed by atoms with Crippen molar-refractivity contribution in [2.24, 2.45) is 0 Å². The third-order valence-corrected chi connectivity index (χ3v) is 4.74. The number of Topliss-reactive ketones (excluding diaryl/α,β-unsaturated/α-hetero) is 1. The van der Waals surface area contributed by atoms with Gasteiger partial charge in [-0.25, -0.2) is 0 Å². The van der Waals surface area contributed by atoms with Gasteiger partial charge in [0.05, 0.1) is 0 Å². The Bertz CT molecular complexity index is 1060. The van der Waals surface area contributed by atoms with Gasteiger partial charge >= 0.3 is 5.97 Å².